The molecule has 164 valence electrons. The van der Waals surface area contributed by atoms with Gasteiger partial charge >= 0.3 is 0 Å². The van der Waals surface area contributed by atoms with E-state index in [4.69, 9.17) is 9.47 Å². The second-order valence-corrected chi connectivity index (χ2v) is 8.29. The van der Waals surface area contributed by atoms with Gasteiger partial charge in [0.15, 0.2) is 6.29 Å². The van der Waals surface area contributed by atoms with Gasteiger partial charge in [0, 0.05) is 11.8 Å². The molecule has 11 unspecified atom stereocenters. The molecule has 1 saturated heterocycles. The van der Waals surface area contributed by atoms with Gasteiger partial charge in [0.25, 0.3) is 0 Å². The average molecular weight is 406 g/mol. The normalized spacial score (nSPS) is 48.7. The summed E-state index contributed by atoms with van der Waals surface area (Å²) < 4.78 is 10.9. The van der Waals surface area contributed by atoms with Crippen LogP contribution in [0.1, 0.15) is 27.2 Å². The third-order valence-electron chi connectivity index (χ3n) is 6.29. The Morgan fingerprint density at radius 2 is 1.75 bits per heavy atom. The molecule has 2 aliphatic rings. The zero-order valence-corrected chi connectivity index (χ0v) is 16.5. The fourth-order valence-corrected chi connectivity index (χ4v) is 4.09. The maximum Gasteiger partial charge on any atom is 0.187 e. The second-order valence-electron chi connectivity index (χ2n) is 8.29. The van der Waals surface area contributed by atoms with Crippen LogP contribution in [0.3, 0.4) is 0 Å². The number of rotatable bonds is 6. The van der Waals surface area contributed by atoms with Crippen LogP contribution in [-0.2, 0) is 9.47 Å². The van der Waals surface area contributed by atoms with E-state index in [1.54, 1.807) is 26.0 Å². The predicted octanol–water partition coefficient (Wildman–Crippen LogP) is -1.88. The number of hydrogen-bond donors (Lipinski definition) is 7. The summed E-state index contributed by atoms with van der Waals surface area (Å²) in [5.74, 6) is -0.520. The van der Waals surface area contributed by atoms with Crippen LogP contribution < -0.4 is 0 Å². The second kappa shape index (κ2) is 9.46. The predicted molar refractivity (Wildman–Crippen MR) is 97.9 cm³/mol. The zero-order chi connectivity index (χ0) is 21.2. The van der Waals surface area contributed by atoms with Crippen molar-refractivity contribution in [2.45, 2.75) is 76.2 Å². The lowest BCUT2D eigenvalue weighted by Crippen LogP contribution is -2.59. The largest absolute Gasteiger partial charge is 0.396 e. The Labute approximate surface area is 164 Å². The van der Waals surface area contributed by atoms with Gasteiger partial charge in [-0.25, -0.2) is 0 Å². The third kappa shape index (κ3) is 4.58. The van der Waals surface area contributed by atoms with E-state index in [-0.39, 0.29) is 24.9 Å². The Morgan fingerprint density at radius 3 is 2.32 bits per heavy atom. The molecule has 0 aromatic carbocycles. The van der Waals surface area contributed by atoms with Crippen molar-refractivity contribution in [2.75, 3.05) is 13.2 Å². The highest BCUT2D eigenvalue weighted by atomic mass is 16.7. The molecule has 0 amide bonds. The van der Waals surface area contributed by atoms with Crippen molar-refractivity contribution in [3.8, 4) is 0 Å². The minimum atomic E-state index is -1.52. The SMILES string of the molecule is CC(C=CC1C(C)C(O)CC(O)C1(C)CO)OC1OC(CO)C(O)C(O)C1O. The lowest BCUT2D eigenvalue weighted by atomic mass is 9.60. The molecule has 0 spiro atoms. The summed E-state index contributed by atoms with van der Waals surface area (Å²) >= 11 is 0. The highest BCUT2D eigenvalue weighted by Crippen LogP contribution is 2.45. The van der Waals surface area contributed by atoms with Gasteiger partial charge < -0.3 is 45.2 Å². The molecule has 9 nitrogen and oxygen atoms in total. The lowest BCUT2D eigenvalue weighted by Gasteiger charge is -2.48. The Bertz CT molecular complexity index is 528. The lowest BCUT2D eigenvalue weighted by molar-refractivity contribution is -0.306. The summed E-state index contributed by atoms with van der Waals surface area (Å²) in [7, 11) is 0. The van der Waals surface area contributed by atoms with E-state index in [2.05, 4.69) is 0 Å². The van der Waals surface area contributed by atoms with Crippen molar-refractivity contribution in [1.82, 2.24) is 0 Å². The van der Waals surface area contributed by atoms with Crippen molar-refractivity contribution >= 4 is 0 Å². The molecule has 0 bridgehead atoms. The van der Waals surface area contributed by atoms with E-state index in [1.807, 2.05) is 6.92 Å². The maximum absolute atomic E-state index is 10.3. The quantitative estimate of drug-likeness (QED) is 0.251. The third-order valence-corrected chi connectivity index (χ3v) is 6.29. The molecule has 1 saturated carbocycles. The van der Waals surface area contributed by atoms with Gasteiger partial charge in [-0.05, 0) is 18.8 Å². The molecule has 2 rings (SSSR count). The summed E-state index contributed by atoms with van der Waals surface area (Å²) in [5, 5.41) is 69.3. The molecule has 0 aromatic heterocycles. The first-order valence-electron chi connectivity index (χ1n) is 9.68. The minimum absolute atomic E-state index is 0.194. The van der Waals surface area contributed by atoms with E-state index < -0.39 is 61.0 Å². The van der Waals surface area contributed by atoms with Gasteiger partial charge in [-0.3, -0.25) is 0 Å². The zero-order valence-electron chi connectivity index (χ0n) is 16.5. The van der Waals surface area contributed by atoms with Crippen molar-refractivity contribution in [3.63, 3.8) is 0 Å². The standard InChI is InChI=1S/C19H34O9/c1-9(27-18-17(26)16(25)15(24)13(7-20)28-18)4-5-11-10(2)12(22)6-14(23)19(11,3)8-21/h4-5,9-18,20-26H,6-8H2,1-3H3. The van der Waals surface area contributed by atoms with Crippen molar-refractivity contribution in [2.24, 2.45) is 17.3 Å². The van der Waals surface area contributed by atoms with Crippen LogP contribution >= 0.6 is 0 Å². The van der Waals surface area contributed by atoms with E-state index in [0.717, 1.165) is 0 Å². The van der Waals surface area contributed by atoms with Crippen LogP contribution in [0.2, 0.25) is 0 Å². The van der Waals surface area contributed by atoms with Crippen molar-refractivity contribution < 1.29 is 45.2 Å². The number of hydrogen-bond acceptors (Lipinski definition) is 9. The number of ether oxygens (including phenoxy) is 2. The number of aliphatic hydroxyl groups is 7. The highest BCUT2D eigenvalue weighted by molar-refractivity contribution is 5.08. The number of aliphatic hydroxyl groups excluding tert-OH is 7. The van der Waals surface area contributed by atoms with Gasteiger partial charge in [-0.1, -0.05) is 26.0 Å². The van der Waals surface area contributed by atoms with E-state index in [1.165, 1.54) is 0 Å². The van der Waals surface area contributed by atoms with Gasteiger partial charge in [0.05, 0.1) is 31.5 Å². The number of allylic oxidation sites excluding steroid dienone is 1. The molecule has 9 heteroatoms. The molecule has 11 atom stereocenters. The monoisotopic (exact) mass is 406 g/mol. The van der Waals surface area contributed by atoms with Crippen LogP contribution in [0.25, 0.3) is 0 Å². The summed E-state index contributed by atoms with van der Waals surface area (Å²) in [6, 6.07) is 0. The smallest absolute Gasteiger partial charge is 0.187 e. The summed E-state index contributed by atoms with van der Waals surface area (Å²) in [5.41, 5.74) is -0.821. The minimum Gasteiger partial charge on any atom is -0.396 e. The molecular weight excluding hydrogens is 372 g/mol. The first-order chi connectivity index (χ1) is 13.1. The molecule has 1 aliphatic heterocycles. The Kier molecular flexibility index (Phi) is 7.99. The molecular formula is C19H34O9. The van der Waals surface area contributed by atoms with Crippen LogP contribution in [0.15, 0.2) is 12.2 Å². The molecule has 28 heavy (non-hydrogen) atoms. The van der Waals surface area contributed by atoms with Gasteiger partial charge in [0.1, 0.15) is 24.4 Å². The summed E-state index contributed by atoms with van der Waals surface area (Å²) in [6.45, 7) is 4.50. The highest BCUT2D eigenvalue weighted by Gasteiger charge is 2.49. The fraction of sp³-hybridized carbons (Fsp3) is 0.895. The molecule has 2 fully saturated rings. The molecule has 7 N–H and O–H groups in total. The van der Waals surface area contributed by atoms with E-state index in [0.29, 0.717) is 0 Å². The Hall–Kier alpha value is -0.620. The molecule has 0 aromatic rings. The van der Waals surface area contributed by atoms with E-state index in [9.17, 15) is 35.7 Å². The van der Waals surface area contributed by atoms with E-state index >= 15 is 0 Å². The van der Waals surface area contributed by atoms with Crippen molar-refractivity contribution in [1.29, 1.82) is 0 Å². The molecule has 1 aliphatic carbocycles. The van der Waals surface area contributed by atoms with Gasteiger partial charge in [-0.2, -0.15) is 0 Å². The van der Waals surface area contributed by atoms with Crippen LogP contribution in [0.4, 0.5) is 0 Å². The van der Waals surface area contributed by atoms with Crippen LogP contribution in [0.5, 0.6) is 0 Å². The Balaban J connectivity index is 2.08. The van der Waals surface area contributed by atoms with Crippen LogP contribution in [0, 0.1) is 17.3 Å². The Morgan fingerprint density at radius 1 is 1.11 bits per heavy atom. The first-order valence-corrected chi connectivity index (χ1v) is 9.68. The summed E-state index contributed by atoms with van der Waals surface area (Å²) in [6.07, 6.45) is -5.30. The molecule has 1 heterocycles. The average Bonchev–Trinajstić information content (AvgIpc) is 2.66. The fourth-order valence-electron chi connectivity index (χ4n) is 4.09. The van der Waals surface area contributed by atoms with Crippen molar-refractivity contribution in [3.05, 3.63) is 12.2 Å². The summed E-state index contributed by atoms with van der Waals surface area (Å²) in [4.78, 5) is 0. The topological polar surface area (TPSA) is 160 Å². The maximum atomic E-state index is 10.3. The molecule has 0 radical (unpaired) electrons. The van der Waals surface area contributed by atoms with Gasteiger partial charge in [-0.15, -0.1) is 0 Å². The first kappa shape index (κ1) is 23.7. The van der Waals surface area contributed by atoms with Gasteiger partial charge in [0.2, 0.25) is 0 Å². The van der Waals surface area contributed by atoms with Crippen LogP contribution in [-0.4, -0.2) is 98.0 Å².